The van der Waals surface area contributed by atoms with E-state index in [0.29, 0.717) is 17.7 Å². The molecule has 2 aromatic rings. The van der Waals surface area contributed by atoms with Crippen molar-refractivity contribution < 1.29 is 31.5 Å². The maximum atomic E-state index is 14.2. The number of amides is 1. The fourth-order valence-corrected chi connectivity index (χ4v) is 3.03. The van der Waals surface area contributed by atoms with E-state index in [1.54, 1.807) is 38.1 Å². The van der Waals surface area contributed by atoms with Crippen LogP contribution in [0.3, 0.4) is 0 Å². The molecule has 8 heteroatoms. The van der Waals surface area contributed by atoms with Crippen LogP contribution in [0.25, 0.3) is 6.08 Å². The number of para-hydroxylation sites is 1. The molecule has 0 radical (unpaired) electrons. The quantitative estimate of drug-likeness (QED) is 0.403. The lowest BCUT2D eigenvalue weighted by Gasteiger charge is -2.35. The first kappa shape index (κ1) is 19.9. The van der Waals surface area contributed by atoms with Crippen LogP contribution < -0.4 is 9.64 Å². The molecule has 0 bridgehead atoms. The smallest absolute Gasteiger partial charge is 0.264 e. The lowest BCUT2D eigenvalue weighted by Crippen LogP contribution is -2.44. The fraction of sp³-hybridized carbons (Fsp3) is 0.250. The van der Waals surface area contributed by atoms with Crippen LogP contribution in [0, 0.1) is 29.1 Å². The van der Waals surface area contributed by atoms with Crippen LogP contribution in [-0.2, 0) is 0 Å². The molecule has 28 heavy (non-hydrogen) atoms. The van der Waals surface area contributed by atoms with E-state index in [0.717, 1.165) is 4.90 Å². The van der Waals surface area contributed by atoms with Crippen molar-refractivity contribution in [3.8, 4) is 5.75 Å². The van der Waals surface area contributed by atoms with Gasteiger partial charge in [0.15, 0.2) is 29.0 Å². The van der Waals surface area contributed by atoms with Gasteiger partial charge in [0.25, 0.3) is 5.91 Å². The zero-order valence-electron chi connectivity index (χ0n) is 15.0. The van der Waals surface area contributed by atoms with E-state index in [-0.39, 0.29) is 12.2 Å². The van der Waals surface area contributed by atoms with Crippen molar-refractivity contribution in [2.24, 2.45) is 0 Å². The summed E-state index contributed by atoms with van der Waals surface area (Å²) in [7, 11) is 0. The topological polar surface area (TPSA) is 29.5 Å². The number of allylic oxidation sites excluding steroid dienone is 1. The van der Waals surface area contributed by atoms with Gasteiger partial charge in [0.2, 0.25) is 5.82 Å². The van der Waals surface area contributed by atoms with Gasteiger partial charge < -0.3 is 9.64 Å². The van der Waals surface area contributed by atoms with Gasteiger partial charge in [0, 0.05) is 5.56 Å². The summed E-state index contributed by atoms with van der Waals surface area (Å²) in [5.74, 6) is -12.0. The summed E-state index contributed by atoms with van der Waals surface area (Å²) in [6, 6.07) is 4.80. The molecule has 0 saturated heterocycles. The van der Waals surface area contributed by atoms with Crippen molar-refractivity contribution in [2.75, 3.05) is 11.4 Å². The Balaban J connectivity index is 2.18. The second-order valence-electron chi connectivity index (χ2n) is 6.20. The Bertz CT molecular complexity index is 945. The maximum absolute atomic E-state index is 14.2. The Labute approximate surface area is 158 Å². The van der Waals surface area contributed by atoms with Gasteiger partial charge >= 0.3 is 0 Å². The van der Waals surface area contributed by atoms with Gasteiger partial charge in [-0.3, -0.25) is 4.79 Å². The van der Waals surface area contributed by atoms with Crippen LogP contribution in [-0.4, -0.2) is 18.6 Å². The number of rotatable bonds is 3. The van der Waals surface area contributed by atoms with Gasteiger partial charge in [0.1, 0.15) is 11.7 Å². The molecule has 3 nitrogen and oxygen atoms in total. The number of carbonyl (C=O) groups excluding carboxylic acids is 1. The predicted octanol–water partition coefficient (Wildman–Crippen LogP) is 5.23. The summed E-state index contributed by atoms with van der Waals surface area (Å²) < 4.78 is 74.6. The molecule has 0 N–H and O–H groups in total. The predicted molar refractivity (Wildman–Crippen MR) is 93.8 cm³/mol. The van der Waals surface area contributed by atoms with Gasteiger partial charge in [-0.2, -0.15) is 0 Å². The first-order chi connectivity index (χ1) is 13.3. The van der Waals surface area contributed by atoms with Crippen molar-refractivity contribution in [2.45, 2.75) is 26.4 Å². The third-order valence-corrected chi connectivity index (χ3v) is 4.46. The van der Waals surface area contributed by atoms with Crippen LogP contribution in [0.5, 0.6) is 5.75 Å². The van der Waals surface area contributed by atoms with Gasteiger partial charge in [-0.1, -0.05) is 31.2 Å². The van der Waals surface area contributed by atoms with Gasteiger partial charge in [0.05, 0.1) is 12.2 Å². The number of carbonyl (C=O) groups is 1. The minimum atomic E-state index is -2.31. The van der Waals surface area contributed by atoms with Crippen molar-refractivity contribution in [1.82, 2.24) is 0 Å². The standard InChI is InChI=1S/C20H16F5NO2/c1-3-6-10-7-5-8-12-19(10)28-11(4-2)9-26(12)20(27)13-14(21)16(23)18(25)17(24)15(13)22/h3,5-8,11H,4,9H2,1-2H3. The molecule has 2 aromatic carbocycles. The highest BCUT2D eigenvalue weighted by atomic mass is 19.2. The Morgan fingerprint density at radius 3 is 2.29 bits per heavy atom. The molecule has 0 aromatic heterocycles. The second-order valence-corrected chi connectivity index (χ2v) is 6.20. The third-order valence-electron chi connectivity index (χ3n) is 4.46. The van der Waals surface area contributed by atoms with Crippen molar-refractivity contribution in [3.63, 3.8) is 0 Å². The molecular weight excluding hydrogens is 381 g/mol. The lowest BCUT2D eigenvalue weighted by molar-refractivity contribution is 0.0943. The highest BCUT2D eigenvalue weighted by molar-refractivity contribution is 6.08. The molecule has 1 unspecified atom stereocenters. The molecule has 1 amide bonds. The number of nitrogens with zero attached hydrogens (tertiary/aromatic N) is 1. The van der Waals surface area contributed by atoms with Crippen LogP contribution in [0.1, 0.15) is 36.2 Å². The van der Waals surface area contributed by atoms with Crippen LogP contribution in [0.15, 0.2) is 24.3 Å². The van der Waals surface area contributed by atoms with Gasteiger partial charge in [-0.25, -0.2) is 22.0 Å². The van der Waals surface area contributed by atoms with E-state index in [1.165, 1.54) is 6.07 Å². The number of hydrogen-bond acceptors (Lipinski definition) is 2. The highest BCUT2D eigenvalue weighted by Crippen LogP contribution is 2.39. The molecule has 1 heterocycles. The minimum Gasteiger partial charge on any atom is -0.486 e. The van der Waals surface area contributed by atoms with Crippen LogP contribution in [0.2, 0.25) is 0 Å². The normalized spacial score (nSPS) is 16.2. The molecule has 1 aliphatic rings. The molecule has 0 saturated carbocycles. The van der Waals surface area contributed by atoms with E-state index in [2.05, 4.69) is 0 Å². The average Bonchev–Trinajstić information content (AvgIpc) is 2.70. The Hall–Kier alpha value is -2.90. The SMILES string of the molecule is CC=Cc1cccc2c1OC(CC)CN2C(=O)c1c(F)c(F)c(F)c(F)c1F. The number of hydrogen-bond donors (Lipinski definition) is 0. The van der Waals surface area contributed by atoms with E-state index >= 15 is 0 Å². The zero-order chi connectivity index (χ0) is 20.6. The van der Waals surface area contributed by atoms with E-state index in [4.69, 9.17) is 4.74 Å². The molecule has 0 fully saturated rings. The first-order valence-corrected chi connectivity index (χ1v) is 8.57. The van der Waals surface area contributed by atoms with Crippen molar-refractivity contribution >= 4 is 17.7 Å². The first-order valence-electron chi connectivity index (χ1n) is 8.57. The Morgan fingerprint density at radius 2 is 1.71 bits per heavy atom. The monoisotopic (exact) mass is 397 g/mol. The second kappa shape index (κ2) is 7.61. The van der Waals surface area contributed by atoms with Crippen LogP contribution >= 0.6 is 0 Å². The van der Waals surface area contributed by atoms with E-state index < -0.39 is 46.7 Å². The summed E-state index contributed by atoms with van der Waals surface area (Å²) in [4.78, 5) is 13.9. The molecule has 148 valence electrons. The van der Waals surface area contributed by atoms with Crippen LogP contribution in [0.4, 0.5) is 27.6 Å². The molecular formula is C20H16F5NO2. The Kier molecular flexibility index (Phi) is 5.40. The molecule has 3 rings (SSSR count). The maximum Gasteiger partial charge on any atom is 0.264 e. The van der Waals surface area contributed by atoms with E-state index in [9.17, 15) is 26.7 Å². The van der Waals surface area contributed by atoms with Crippen molar-refractivity contribution in [3.05, 3.63) is 64.5 Å². The number of fused-ring (bicyclic) bond motifs is 1. The number of benzene rings is 2. The summed E-state index contributed by atoms with van der Waals surface area (Å²) in [5, 5.41) is 0. The summed E-state index contributed by atoms with van der Waals surface area (Å²) in [6.07, 6.45) is 3.41. The fourth-order valence-electron chi connectivity index (χ4n) is 3.03. The summed E-state index contributed by atoms with van der Waals surface area (Å²) >= 11 is 0. The largest absolute Gasteiger partial charge is 0.486 e. The third kappa shape index (κ3) is 3.12. The van der Waals surface area contributed by atoms with E-state index in [1.807, 2.05) is 0 Å². The summed E-state index contributed by atoms with van der Waals surface area (Å²) in [6.45, 7) is 3.47. The van der Waals surface area contributed by atoms with Gasteiger partial charge in [-0.05, 0) is 19.4 Å². The molecule has 0 aliphatic carbocycles. The van der Waals surface area contributed by atoms with Crippen molar-refractivity contribution in [1.29, 1.82) is 0 Å². The minimum absolute atomic E-state index is 0.0961. The highest BCUT2D eigenvalue weighted by Gasteiger charge is 2.36. The zero-order valence-corrected chi connectivity index (χ0v) is 15.0. The number of halogens is 5. The number of ether oxygens (including phenoxy) is 1. The Morgan fingerprint density at radius 1 is 1.11 bits per heavy atom. The molecule has 1 aliphatic heterocycles. The lowest BCUT2D eigenvalue weighted by atomic mass is 10.0. The number of anilines is 1. The van der Waals surface area contributed by atoms with Gasteiger partial charge in [-0.15, -0.1) is 0 Å². The molecule has 1 atom stereocenters. The summed E-state index contributed by atoms with van der Waals surface area (Å²) in [5.41, 5.74) is -0.682. The molecule has 0 spiro atoms. The average molecular weight is 397 g/mol.